The molecular formula is C10H7Cl3N2S. The van der Waals surface area contributed by atoms with Gasteiger partial charge in [0.05, 0.1) is 22.8 Å². The van der Waals surface area contributed by atoms with E-state index in [2.05, 4.69) is 10.3 Å². The van der Waals surface area contributed by atoms with Gasteiger partial charge in [-0.05, 0) is 18.2 Å². The monoisotopic (exact) mass is 292 g/mol. The molecule has 0 unspecified atom stereocenters. The molecule has 6 heteroatoms. The zero-order valence-electron chi connectivity index (χ0n) is 8.01. The van der Waals surface area contributed by atoms with Crippen LogP contribution in [-0.4, -0.2) is 4.98 Å². The zero-order chi connectivity index (χ0) is 11.5. The summed E-state index contributed by atoms with van der Waals surface area (Å²) in [6.45, 7) is 0.620. The van der Waals surface area contributed by atoms with Crippen molar-refractivity contribution >= 4 is 51.8 Å². The van der Waals surface area contributed by atoms with Crippen LogP contribution in [0.1, 0.15) is 5.01 Å². The van der Waals surface area contributed by atoms with Crippen molar-refractivity contribution in [3.63, 3.8) is 0 Å². The average Bonchev–Trinajstić information content (AvgIpc) is 2.66. The van der Waals surface area contributed by atoms with Crippen LogP contribution in [0.4, 0.5) is 5.69 Å². The first kappa shape index (κ1) is 12.0. The summed E-state index contributed by atoms with van der Waals surface area (Å²) in [5.74, 6) is 0. The van der Waals surface area contributed by atoms with E-state index in [1.807, 2.05) is 6.07 Å². The summed E-state index contributed by atoms with van der Waals surface area (Å²) in [5, 5.41) is 5.19. The number of thiazole rings is 1. The van der Waals surface area contributed by atoms with Crippen LogP contribution in [0.5, 0.6) is 0 Å². The predicted octanol–water partition coefficient (Wildman–Crippen LogP) is 4.72. The van der Waals surface area contributed by atoms with Gasteiger partial charge in [-0.25, -0.2) is 4.98 Å². The molecule has 0 saturated carbocycles. The molecular weight excluding hydrogens is 287 g/mol. The SMILES string of the molecule is Clc1cnc(CNc2ccc(Cl)c(Cl)c2)s1. The minimum atomic E-state index is 0.531. The molecule has 2 aromatic rings. The molecule has 2 rings (SSSR count). The Kier molecular flexibility index (Phi) is 3.92. The third kappa shape index (κ3) is 3.01. The lowest BCUT2D eigenvalue weighted by molar-refractivity contribution is 1.10. The lowest BCUT2D eigenvalue weighted by Gasteiger charge is -2.05. The second-order valence-corrected chi connectivity index (χ2v) is 5.60. The zero-order valence-corrected chi connectivity index (χ0v) is 11.1. The van der Waals surface area contributed by atoms with Crippen molar-refractivity contribution in [2.75, 3.05) is 5.32 Å². The minimum absolute atomic E-state index is 0.531. The Labute approximate surface area is 112 Å². The van der Waals surface area contributed by atoms with Crippen LogP contribution in [0.15, 0.2) is 24.4 Å². The van der Waals surface area contributed by atoms with Gasteiger partial charge in [0.1, 0.15) is 9.34 Å². The van der Waals surface area contributed by atoms with Crippen molar-refractivity contribution in [3.8, 4) is 0 Å². The highest BCUT2D eigenvalue weighted by Crippen LogP contribution is 2.25. The van der Waals surface area contributed by atoms with Crippen molar-refractivity contribution < 1.29 is 0 Å². The van der Waals surface area contributed by atoms with Crippen LogP contribution in [0.2, 0.25) is 14.4 Å². The Hall–Kier alpha value is -0.480. The van der Waals surface area contributed by atoms with Gasteiger partial charge in [-0.3, -0.25) is 0 Å². The molecule has 0 aliphatic carbocycles. The summed E-state index contributed by atoms with van der Waals surface area (Å²) in [4.78, 5) is 4.14. The number of halogens is 3. The van der Waals surface area contributed by atoms with Gasteiger partial charge in [0.25, 0.3) is 0 Å². The molecule has 0 spiro atoms. The topological polar surface area (TPSA) is 24.9 Å². The molecule has 84 valence electrons. The molecule has 1 aromatic heterocycles. The van der Waals surface area contributed by atoms with Crippen molar-refractivity contribution in [1.29, 1.82) is 0 Å². The van der Waals surface area contributed by atoms with Crippen molar-refractivity contribution in [2.45, 2.75) is 6.54 Å². The van der Waals surface area contributed by atoms with E-state index >= 15 is 0 Å². The first-order valence-corrected chi connectivity index (χ1v) is 6.39. The molecule has 0 amide bonds. The molecule has 1 N–H and O–H groups in total. The van der Waals surface area contributed by atoms with E-state index in [-0.39, 0.29) is 0 Å². The molecule has 0 fully saturated rings. The second-order valence-electron chi connectivity index (χ2n) is 3.04. The summed E-state index contributed by atoms with van der Waals surface area (Å²) in [6, 6.07) is 5.39. The number of anilines is 1. The third-order valence-corrected chi connectivity index (χ3v) is 3.74. The summed E-state index contributed by atoms with van der Waals surface area (Å²) in [5.41, 5.74) is 0.903. The van der Waals surface area contributed by atoms with E-state index in [1.54, 1.807) is 18.3 Å². The summed E-state index contributed by atoms with van der Waals surface area (Å²) in [7, 11) is 0. The van der Waals surface area contributed by atoms with Gasteiger partial charge in [-0.1, -0.05) is 34.8 Å². The Morgan fingerprint density at radius 1 is 1.19 bits per heavy atom. The van der Waals surface area contributed by atoms with Crippen LogP contribution < -0.4 is 5.32 Å². The Morgan fingerprint density at radius 3 is 2.62 bits per heavy atom. The molecule has 0 aliphatic heterocycles. The quantitative estimate of drug-likeness (QED) is 0.886. The smallest absolute Gasteiger partial charge is 0.113 e. The summed E-state index contributed by atoms with van der Waals surface area (Å²) >= 11 is 18.9. The van der Waals surface area contributed by atoms with Crippen LogP contribution in [-0.2, 0) is 6.54 Å². The maximum atomic E-state index is 5.89. The number of rotatable bonds is 3. The lowest BCUT2D eigenvalue weighted by Crippen LogP contribution is -1.98. The van der Waals surface area contributed by atoms with E-state index in [1.165, 1.54) is 11.3 Å². The molecule has 0 radical (unpaired) electrons. The number of nitrogens with one attached hydrogen (secondary N) is 1. The number of hydrogen-bond acceptors (Lipinski definition) is 3. The molecule has 1 aromatic carbocycles. The lowest BCUT2D eigenvalue weighted by atomic mass is 10.3. The number of aromatic nitrogens is 1. The summed E-state index contributed by atoms with van der Waals surface area (Å²) < 4.78 is 0.686. The predicted molar refractivity (Wildman–Crippen MR) is 70.9 cm³/mol. The Balaban J connectivity index is 2.02. The van der Waals surface area contributed by atoms with E-state index in [9.17, 15) is 0 Å². The van der Waals surface area contributed by atoms with Crippen molar-refractivity contribution in [1.82, 2.24) is 4.98 Å². The fraction of sp³-hybridized carbons (Fsp3) is 0.100. The fourth-order valence-electron chi connectivity index (χ4n) is 1.15. The number of nitrogens with zero attached hydrogens (tertiary/aromatic N) is 1. The van der Waals surface area contributed by atoms with E-state index in [0.29, 0.717) is 20.9 Å². The first-order chi connectivity index (χ1) is 7.65. The number of hydrogen-bond donors (Lipinski definition) is 1. The van der Waals surface area contributed by atoms with E-state index in [0.717, 1.165) is 10.7 Å². The van der Waals surface area contributed by atoms with Crippen LogP contribution >= 0.6 is 46.1 Å². The standard InChI is InChI=1S/C10H7Cl3N2S/c11-7-2-1-6(3-8(7)12)14-5-10-15-4-9(13)16-10/h1-4,14H,5H2. The highest BCUT2D eigenvalue weighted by Gasteiger charge is 2.01. The molecule has 0 bridgehead atoms. The normalized spacial score (nSPS) is 10.4. The minimum Gasteiger partial charge on any atom is -0.378 e. The molecule has 0 aliphatic rings. The van der Waals surface area contributed by atoms with Gasteiger partial charge >= 0.3 is 0 Å². The highest BCUT2D eigenvalue weighted by molar-refractivity contribution is 7.15. The van der Waals surface area contributed by atoms with Crippen LogP contribution in [0.3, 0.4) is 0 Å². The van der Waals surface area contributed by atoms with Gasteiger partial charge in [0.15, 0.2) is 0 Å². The molecule has 16 heavy (non-hydrogen) atoms. The van der Waals surface area contributed by atoms with Gasteiger partial charge in [0, 0.05) is 5.69 Å². The molecule has 0 saturated heterocycles. The van der Waals surface area contributed by atoms with E-state index in [4.69, 9.17) is 34.8 Å². The average molecular weight is 294 g/mol. The number of benzene rings is 1. The van der Waals surface area contributed by atoms with Gasteiger partial charge < -0.3 is 5.32 Å². The second kappa shape index (κ2) is 5.23. The molecule has 0 atom stereocenters. The van der Waals surface area contributed by atoms with Gasteiger partial charge in [-0.2, -0.15) is 0 Å². The maximum Gasteiger partial charge on any atom is 0.113 e. The van der Waals surface area contributed by atoms with E-state index < -0.39 is 0 Å². The van der Waals surface area contributed by atoms with Gasteiger partial charge in [0.2, 0.25) is 0 Å². The van der Waals surface area contributed by atoms with Crippen molar-refractivity contribution in [2.24, 2.45) is 0 Å². The van der Waals surface area contributed by atoms with Gasteiger partial charge in [-0.15, -0.1) is 11.3 Å². The Morgan fingerprint density at radius 2 is 2.00 bits per heavy atom. The fourth-order valence-corrected chi connectivity index (χ4v) is 2.35. The Bertz CT molecular complexity index is 499. The molecule has 1 heterocycles. The van der Waals surface area contributed by atoms with Crippen LogP contribution in [0.25, 0.3) is 0 Å². The van der Waals surface area contributed by atoms with Crippen molar-refractivity contribution in [3.05, 3.63) is 43.8 Å². The third-order valence-electron chi connectivity index (χ3n) is 1.89. The largest absolute Gasteiger partial charge is 0.378 e. The first-order valence-electron chi connectivity index (χ1n) is 4.44. The maximum absolute atomic E-state index is 5.89. The molecule has 2 nitrogen and oxygen atoms in total. The summed E-state index contributed by atoms with van der Waals surface area (Å²) in [6.07, 6.45) is 1.64. The highest BCUT2D eigenvalue weighted by atomic mass is 35.5. The van der Waals surface area contributed by atoms with Crippen LogP contribution in [0, 0.1) is 0 Å².